The second-order valence-electron chi connectivity index (χ2n) is 6.92. The third kappa shape index (κ3) is 5.29. The van der Waals surface area contributed by atoms with Crippen LogP contribution in [0.4, 0.5) is 5.82 Å². The maximum absolute atomic E-state index is 12.5. The minimum absolute atomic E-state index is 0.102. The molecule has 1 aromatic carbocycles. The van der Waals surface area contributed by atoms with Crippen molar-refractivity contribution in [3.63, 3.8) is 0 Å². The molecule has 1 heterocycles. The first-order chi connectivity index (χ1) is 12.9. The fraction of sp³-hybridized carbons (Fsp3) is 0.400. The number of carbonyl (C=O) groups excluding carboxylic acids is 1. The summed E-state index contributed by atoms with van der Waals surface area (Å²) in [6.07, 6.45) is 8.79. The molecule has 0 spiro atoms. The van der Waals surface area contributed by atoms with Gasteiger partial charge in [0, 0.05) is 18.0 Å². The molecule has 1 amide bonds. The van der Waals surface area contributed by atoms with E-state index in [-0.39, 0.29) is 10.5 Å². The lowest BCUT2D eigenvalue weighted by atomic mass is 9.90. The smallest absolute Gasteiger partial charge is 0.256 e. The summed E-state index contributed by atoms with van der Waals surface area (Å²) in [5.74, 6) is 0.967. The Morgan fingerprint density at radius 2 is 1.96 bits per heavy atom. The van der Waals surface area contributed by atoms with Gasteiger partial charge in [-0.15, -0.1) is 0 Å². The van der Waals surface area contributed by atoms with Gasteiger partial charge in [-0.1, -0.05) is 25.3 Å². The summed E-state index contributed by atoms with van der Waals surface area (Å²) in [5.41, 5.74) is 0.252. The van der Waals surface area contributed by atoms with Gasteiger partial charge >= 0.3 is 0 Å². The quantitative estimate of drug-likeness (QED) is 0.816. The van der Waals surface area contributed by atoms with Gasteiger partial charge in [0.25, 0.3) is 5.91 Å². The monoisotopic (exact) mass is 388 g/mol. The van der Waals surface area contributed by atoms with Crippen molar-refractivity contribution in [3.8, 4) is 5.75 Å². The molecular weight excluding hydrogens is 364 g/mol. The van der Waals surface area contributed by atoms with Crippen LogP contribution in [0, 0.1) is 5.92 Å². The highest BCUT2D eigenvalue weighted by Crippen LogP contribution is 2.27. The molecule has 1 aliphatic carbocycles. The number of benzene rings is 1. The maximum Gasteiger partial charge on any atom is 0.256 e. The van der Waals surface area contributed by atoms with Crippen LogP contribution in [0.25, 0.3) is 0 Å². The zero-order valence-electron chi connectivity index (χ0n) is 15.3. The first kappa shape index (κ1) is 19.4. The van der Waals surface area contributed by atoms with Crippen LogP contribution in [0.3, 0.4) is 0 Å². The molecule has 6 nitrogen and oxygen atoms in total. The molecule has 3 rings (SSSR count). The fourth-order valence-corrected chi connectivity index (χ4v) is 3.88. The fourth-order valence-electron chi connectivity index (χ4n) is 3.21. The van der Waals surface area contributed by atoms with Crippen LogP contribution in [-0.4, -0.2) is 32.2 Å². The van der Waals surface area contributed by atoms with Crippen LogP contribution < -0.4 is 10.1 Å². The lowest BCUT2D eigenvalue weighted by Crippen LogP contribution is -2.18. The Hall–Kier alpha value is -2.41. The average molecular weight is 388 g/mol. The van der Waals surface area contributed by atoms with E-state index in [9.17, 15) is 13.2 Å². The first-order valence-electron chi connectivity index (χ1n) is 9.13. The number of nitrogens with zero attached hydrogens (tertiary/aromatic N) is 1. The maximum atomic E-state index is 12.5. The van der Waals surface area contributed by atoms with Crippen LogP contribution in [-0.2, 0) is 9.84 Å². The van der Waals surface area contributed by atoms with Crippen molar-refractivity contribution in [2.24, 2.45) is 5.92 Å². The Kier molecular flexibility index (Phi) is 6.11. The van der Waals surface area contributed by atoms with Gasteiger partial charge < -0.3 is 10.1 Å². The lowest BCUT2D eigenvalue weighted by molar-refractivity contribution is 0.102. The van der Waals surface area contributed by atoms with Crippen LogP contribution in [0.1, 0.15) is 42.5 Å². The molecule has 0 aliphatic heterocycles. The van der Waals surface area contributed by atoms with Gasteiger partial charge in [-0.25, -0.2) is 13.4 Å². The number of carbonyl (C=O) groups is 1. The van der Waals surface area contributed by atoms with E-state index in [1.54, 1.807) is 30.5 Å². The summed E-state index contributed by atoms with van der Waals surface area (Å²) in [6.45, 7) is 0.609. The van der Waals surface area contributed by atoms with Crippen molar-refractivity contribution in [3.05, 3.63) is 48.2 Å². The number of nitrogens with one attached hydrogen (secondary N) is 1. The summed E-state index contributed by atoms with van der Waals surface area (Å²) in [6, 6.07) is 9.47. The highest BCUT2D eigenvalue weighted by molar-refractivity contribution is 7.90. The van der Waals surface area contributed by atoms with Gasteiger partial charge in [0.05, 0.1) is 11.5 Å². The van der Waals surface area contributed by atoms with E-state index in [0.29, 0.717) is 24.1 Å². The third-order valence-corrected chi connectivity index (χ3v) is 5.84. The number of hydrogen-bond acceptors (Lipinski definition) is 5. The second kappa shape index (κ2) is 8.52. The summed E-state index contributed by atoms with van der Waals surface area (Å²) in [7, 11) is -3.38. The Bertz CT molecular complexity index is 906. The molecule has 2 aromatic rings. The molecule has 7 heteroatoms. The van der Waals surface area contributed by atoms with Crippen LogP contribution in [0.5, 0.6) is 5.75 Å². The van der Waals surface area contributed by atoms with Crippen LogP contribution >= 0.6 is 0 Å². The predicted octanol–water partition coefficient (Wildman–Crippen LogP) is 3.70. The number of sulfone groups is 1. The summed E-state index contributed by atoms with van der Waals surface area (Å²) < 4.78 is 29.3. The Balaban J connectivity index is 1.71. The molecule has 1 aliphatic rings. The Morgan fingerprint density at radius 3 is 2.70 bits per heavy atom. The minimum Gasteiger partial charge on any atom is -0.489 e. The molecule has 0 radical (unpaired) electrons. The normalized spacial score (nSPS) is 15.3. The Morgan fingerprint density at radius 1 is 1.19 bits per heavy atom. The minimum atomic E-state index is -3.38. The number of anilines is 1. The van der Waals surface area contributed by atoms with E-state index in [0.717, 1.165) is 6.26 Å². The molecule has 1 N–H and O–H groups in total. The van der Waals surface area contributed by atoms with Gasteiger partial charge in [-0.2, -0.15) is 0 Å². The zero-order valence-corrected chi connectivity index (χ0v) is 16.2. The molecule has 0 bridgehead atoms. The molecule has 1 fully saturated rings. The van der Waals surface area contributed by atoms with Gasteiger partial charge in [-0.05, 0) is 49.1 Å². The summed E-state index contributed by atoms with van der Waals surface area (Å²) in [5, 5.41) is 2.72. The second-order valence-corrected chi connectivity index (χ2v) is 8.94. The van der Waals surface area contributed by atoms with Crippen molar-refractivity contribution in [2.75, 3.05) is 18.2 Å². The molecule has 0 unspecified atom stereocenters. The summed E-state index contributed by atoms with van der Waals surface area (Å²) >= 11 is 0. The van der Waals surface area contributed by atoms with E-state index >= 15 is 0 Å². The molecule has 1 saturated carbocycles. The van der Waals surface area contributed by atoms with Crippen molar-refractivity contribution in [1.29, 1.82) is 0 Å². The third-order valence-electron chi connectivity index (χ3n) is 4.73. The van der Waals surface area contributed by atoms with Gasteiger partial charge in [0.2, 0.25) is 0 Å². The van der Waals surface area contributed by atoms with Gasteiger partial charge in [0.15, 0.2) is 21.4 Å². The standard InChI is InChI=1S/C20H24N2O4S/c1-27(24,25)17-10-5-9-16(13-17)20(23)22-19-18(11-6-12-21-19)26-14-15-7-3-2-4-8-15/h5-6,9-13,15H,2-4,7-8,14H2,1H3,(H,21,22,23). The molecule has 0 saturated heterocycles. The van der Waals surface area contributed by atoms with E-state index in [2.05, 4.69) is 10.3 Å². The van der Waals surface area contributed by atoms with E-state index < -0.39 is 15.7 Å². The number of pyridine rings is 1. The largest absolute Gasteiger partial charge is 0.489 e. The highest BCUT2D eigenvalue weighted by Gasteiger charge is 2.17. The number of ether oxygens (including phenoxy) is 1. The first-order valence-corrected chi connectivity index (χ1v) is 11.0. The molecule has 27 heavy (non-hydrogen) atoms. The number of hydrogen-bond donors (Lipinski definition) is 1. The molecule has 144 valence electrons. The van der Waals surface area contributed by atoms with Crippen LogP contribution in [0.2, 0.25) is 0 Å². The van der Waals surface area contributed by atoms with Crippen molar-refractivity contribution >= 4 is 21.6 Å². The van der Waals surface area contributed by atoms with E-state index in [1.807, 2.05) is 0 Å². The lowest BCUT2D eigenvalue weighted by Gasteiger charge is -2.22. The zero-order chi connectivity index (χ0) is 19.3. The molecule has 0 atom stereocenters. The highest BCUT2D eigenvalue weighted by atomic mass is 32.2. The average Bonchev–Trinajstić information content (AvgIpc) is 2.67. The summed E-state index contributed by atoms with van der Waals surface area (Å²) in [4.78, 5) is 16.9. The number of rotatable bonds is 6. The SMILES string of the molecule is CS(=O)(=O)c1cccc(C(=O)Nc2ncccc2OCC2CCCCC2)c1. The van der Waals surface area contributed by atoms with Gasteiger partial charge in [-0.3, -0.25) is 4.79 Å². The van der Waals surface area contributed by atoms with Gasteiger partial charge in [0.1, 0.15) is 0 Å². The molecular formula is C20H24N2O4S. The van der Waals surface area contributed by atoms with E-state index in [1.165, 1.54) is 44.2 Å². The van der Waals surface area contributed by atoms with E-state index in [4.69, 9.17) is 4.74 Å². The molecule has 1 aromatic heterocycles. The van der Waals surface area contributed by atoms with Crippen molar-refractivity contribution in [2.45, 2.75) is 37.0 Å². The topological polar surface area (TPSA) is 85.4 Å². The number of amides is 1. The number of aromatic nitrogens is 1. The predicted molar refractivity (Wildman–Crippen MR) is 104 cm³/mol. The Labute approximate surface area is 159 Å². The van der Waals surface area contributed by atoms with Crippen LogP contribution in [0.15, 0.2) is 47.5 Å². The van der Waals surface area contributed by atoms with Crippen molar-refractivity contribution < 1.29 is 17.9 Å². The van der Waals surface area contributed by atoms with Crippen molar-refractivity contribution in [1.82, 2.24) is 4.98 Å².